The molecule has 1 atom stereocenters. The lowest BCUT2D eigenvalue weighted by Crippen LogP contribution is -2.37. The topological polar surface area (TPSA) is 60.7 Å². The lowest BCUT2D eigenvalue weighted by molar-refractivity contribution is -0.139. The molecule has 0 bridgehead atoms. The minimum absolute atomic E-state index is 0.325. The van der Waals surface area contributed by atoms with Crippen LogP contribution in [0.5, 0.6) is 0 Å². The molecule has 9 heavy (non-hydrogen) atoms. The third kappa shape index (κ3) is 2.14. The van der Waals surface area contributed by atoms with E-state index in [2.05, 4.69) is 0 Å². The van der Waals surface area contributed by atoms with Gasteiger partial charge in [0.2, 0.25) is 0 Å². The molecular weight excluding hydrogens is 140 g/mol. The molecule has 56 valence electrons. The average Bonchev–Trinajstić information content (AvgIpc) is 1.86. The highest BCUT2D eigenvalue weighted by atomic mass is 32.2. The number of thioether (sulfide) groups is 1. The van der Waals surface area contributed by atoms with E-state index in [0.717, 1.165) is 11.8 Å². The van der Waals surface area contributed by atoms with Crippen LogP contribution in [0.4, 0.5) is 0 Å². The minimum atomic E-state index is -1.66. The fraction of sp³-hybridized carbons (Fsp3) is 1.00. The Bertz CT molecular complexity index is 80.3. The zero-order chi connectivity index (χ0) is 7.49. The summed E-state index contributed by atoms with van der Waals surface area (Å²) in [6, 6.07) is 0. The van der Waals surface area contributed by atoms with Gasteiger partial charge in [0.15, 0.2) is 11.2 Å². The van der Waals surface area contributed by atoms with Crippen molar-refractivity contribution in [3.63, 3.8) is 0 Å². The highest BCUT2D eigenvalue weighted by molar-refractivity contribution is 7.99. The zero-order valence-electron chi connectivity index (χ0n) is 5.53. The van der Waals surface area contributed by atoms with E-state index in [-0.39, 0.29) is 0 Å². The molecule has 3 N–H and O–H groups in total. The maximum absolute atomic E-state index is 9.17. The Morgan fingerprint density at radius 1 is 1.56 bits per heavy atom. The van der Waals surface area contributed by atoms with E-state index >= 15 is 0 Å². The van der Waals surface area contributed by atoms with Crippen LogP contribution in [0.25, 0.3) is 0 Å². The largest absolute Gasteiger partial charge is 0.374 e. The van der Waals surface area contributed by atoms with Crippen LogP contribution in [-0.2, 0) is 0 Å². The predicted octanol–water partition coefficient (Wildman–Crippen LogP) is -0.241. The van der Waals surface area contributed by atoms with E-state index in [1.807, 2.05) is 0 Å². The van der Waals surface area contributed by atoms with Gasteiger partial charge in [-0.15, -0.1) is 11.8 Å². The lowest BCUT2D eigenvalue weighted by Gasteiger charge is -2.25. The van der Waals surface area contributed by atoms with Crippen molar-refractivity contribution in [3.8, 4) is 0 Å². The second kappa shape index (κ2) is 3.41. The number of aliphatic hydroxyl groups is 3. The van der Waals surface area contributed by atoms with Crippen LogP contribution in [0.15, 0.2) is 0 Å². The first-order valence-corrected chi connectivity index (χ1v) is 3.93. The first-order valence-electron chi connectivity index (χ1n) is 2.70. The third-order valence-corrected chi connectivity index (χ3v) is 2.47. The van der Waals surface area contributed by atoms with E-state index in [1.54, 1.807) is 13.2 Å². The Labute approximate surface area is 58.7 Å². The molecule has 0 radical (unpaired) electrons. The van der Waals surface area contributed by atoms with Crippen LogP contribution in [0.2, 0.25) is 0 Å². The van der Waals surface area contributed by atoms with Crippen molar-refractivity contribution in [1.82, 2.24) is 0 Å². The molecule has 0 fully saturated rings. The van der Waals surface area contributed by atoms with E-state index in [9.17, 15) is 0 Å². The molecule has 0 aromatic heterocycles. The van der Waals surface area contributed by atoms with Gasteiger partial charge in [-0.1, -0.05) is 6.92 Å². The van der Waals surface area contributed by atoms with Crippen LogP contribution >= 0.6 is 11.8 Å². The standard InChI is InChI=1S/C5H12O3S/c1-3-5(8,9-2)4(6)7/h4,6-8H,3H2,1-2H3. The van der Waals surface area contributed by atoms with Gasteiger partial charge in [-0.25, -0.2) is 0 Å². The van der Waals surface area contributed by atoms with Crippen molar-refractivity contribution < 1.29 is 15.3 Å². The molecule has 0 spiro atoms. The Hall–Kier alpha value is 0.230. The number of hydrogen-bond donors (Lipinski definition) is 3. The zero-order valence-corrected chi connectivity index (χ0v) is 6.35. The van der Waals surface area contributed by atoms with Crippen molar-refractivity contribution in [2.24, 2.45) is 0 Å². The third-order valence-electron chi connectivity index (χ3n) is 1.26. The average molecular weight is 152 g/mol. The summed E-state index contributed by atoms with van der Waals surface area (Å²) in [5.41, 5.74) is 0. The van der Waals surface area contributed by atoms with Gasteiger partial charge < -0.3 is 15.3 Å². The maximum Gasteiger partial charge on any atom is 0.190 e. The van der Waals surface area contributed by atoms with Gasteiger partial charge in [0.25, 0.3) is 0 Å². The molecule has 0 amide bonds. The fourth-order valence-electron chi connectivity index (χ4n) is 0.432. The molecule has 0 aromatic carbocycles. The second-order valence-corrected chi connectivity index (χ2v) is 2.89. The normalized spacial score (nSPS) is 18.0. The smallest absolute Gasteiger partial charge is 0.190 e. The number of rotatable bonds is 3. The van der Waals surface area contributed by atoms with Crippen LogP contribution in [0.1, 0.15) is 13.3 Å². The van der Waals surface area contributed by atoms with Crippen LogP contribution in [0.3, 0.4) is 0 Å². The van der Waals surface area contributed by atoms with Crippen LogP contribution < -0.4 is 0 Å². The van der Waals surface area contributed by atoms with Gasteiger partial charge in [-0.2, -0.15) is 0 Å². The summed E-state index contributed by atoms with van der Waals surface area (Å²) in [5.74, 6) is 0. The summed E-state index contributed by atoms with van der Waals surface area (Å²) in [7, 11) is 0. The van der Waals surface area contributed by atoms with Gasteiger partial charge >= 0.3 is 0 Å². The monoisotopic (exact) mass is 152 g/mol. The Kier molecular flexibility index (Phi) is 3.50. The highest BCUT2D eigenvalue weighted by Crippen LogP contribution is 2.25. The second-order valence-electron chi connectivity index (χ2n) is 1.78. The molecule has 0 heterocycles. The first-order chi connectivity index (χ1) is 4.06. The molecule has 4 heteroatoms. The maximum atomic E-state index is 9.17. The van der Waals surface area contributed by atoms with E-state index in [0.29, 0.717) is 6.42 Å². The molecule has 0 aromatic rings. The number of aliphatic hydroxyl groups excluding tert-OH is 1. The summed E-state index contributed by atoms with van der Waals surface area (Å²) in [5, 5.41) is 26.3. The SMILES string of the molecule is CCC(O)(SC)C(O)O. The Balaban J connectivity index is 3.92. The molecule has 3 nitrogen and oxygen atoms in total. The Morgan fingerprint density at radius 3 is 2.00 bits per heavy atom. The van der Waals surface area contributed by atoms with E-state index in [1.165, 1.54) is 0 Å². The van der Waals surface area contributed by atoms with Gasteiger partial charge in [-0.3, -0.25) is 0 Å². The number of hydrogen-bond acceptors (Lipinski definition) is 4. The van der Waals surface area contributed by atoms with E-state index < -0.39 is 11.2 Å². The van der Waals surface area contributed by atoms with Gasteiger partial charge in [-0.05, 0) is 12.7 Å². The first kappa shape index (κ1) is 9.23. The summed E-state index contributed by atoms with van der Waals surface area (Å²) < 4.78 is 0. The lowest BCUT2D eigenvalue weighted by atomic mass is 10.2. The predicted molar refractivity (Wildman–Crippen MR) is 37.0 cm³/mol. The summed E-state index contributed by atoms with van der Waals surface area (Å²) in [6.45, 7) is 1.69. The molecule has 0 aliphatic rings. The van der Waals surface area contributed by atoms with Crippen LogP contribution in [0, 0.1) is 0 Å². The van der Waals surface area contributed by atoms with Crippen molar-refractivity contribution in [2.75, 3.05) is 6.26 Å². The molecular formula is C5H12O3S. The van der Waals surface area contributed by atoms with Crippen molar-refractivity contribution in [1.29, 1.82) is 0 Å². The summed E-state index contributed by atoms with van der Waals surface area (Å²) >= 11 is 1.04. The van der Waals surface area contributed by atoms with Crippen LogP contribution in [-0.4, -0.2) is 32.8 Å². The van der Waals surface area contributed by atoms with Crippen molar-refractivity contribution >= 4 is 11.8 Å². The van der Waals surface area contributed by atoms with Gasteiger partial charge in [0.05, 0.1) is 0 Å². The summed E-state index contributed by atoms with van der Waals surface area (Å²) in [4.78, 5) is -1.39. The minimum Gasteiger partial charge on any atom is -0.374 e. The fourth-order valence-corrected chi connectivity index (χ4v) is 0.932. The summed E-state index contributed by atoms with van der Waals surface area (Å²) in [6.07, 6.45) is 0.298. The highest BCUT2D eigenvalue weighted by Gasteiger charge is 2.30. The quantitative estimate of drug-likeness (QED) is 0.488. The molecule has 0 aliphatic heterocycles. The van der Waals surface area contributed by atoms with Crippen molar-refractivity contribution in [3.05, 3.63) is 0 Å². The molecule has 0 saturated heterocycles. The molecule has 0 saturated carbocycles. The molecule has 0 rings (SSSR count). The Morgan fingerprint density at radius 2 is 2.00 bits per heavy atom. The van der Waals surface area contributed by atoms with Crippen molar-refractivity contribution in [2.45, 2.75) is 24.6 Å². The van der Waals surface area contributed by atoms with E-state index in [4.69, 9.17) is 15.3 Å². The molecule has 1 unspecified atom stereocenters. The molecule has 0 aliphatic carbocycles. The van der Waals surface area contributed by atoms with Gasteiger partial charge in [0.1, 0.15) is 0 Å². The van der Waals surface area contributed by atoms with Gasteiger partial charge in [0, 0.05) is 0 Å².